The molecule has 0 unspecified atom stereocenters. The van der Waals surface area contributed by atoms with Gasteiger partial charge in [-0.05, 0) is 36.4 Å². The summed E-state index contributed by atoms with van der Waals surface area (Å²) in [4.78, 5) is 0. The Morgan fingerprint density at radius 3 is 1.50 bits per heavy atom. The molecule has 0 bridgehead atoms. The molecule has 0 atom stereocenters. The molecule has 0 spiro atoms. The third-order valence-electron chi connectivity index (χ3n) is 3.48. The molecule has 116 valence electrons. The molecule has 0 aliphatic carbocycles. The van der Waals surface area contributed by atoms with Crippen LogP contribution in [0.5, 0.6) is 0 Å². The second-order valence-electron chi connectivity index (χ2n) is 4.85. The first-order chi connectivity index (χ1) is 10.9. The molecule has 0 saturated carbocycles. The topological polar surface area (TPSA) is 4.93 Å². The Morgan fingerprint density at radius 2 is 1.18 bits per heavy atom. The lowest BCUT2D eigenvalue weighted by molar-refractivity contribution is -0.138. The Morgan fingerprint density at radius 1 is 0.818 bits per heavy atom. The quantitative estimate of drug-likeness (QED) is 0.491. The number of benzene rings is 2. The van der Waals surface area contributed by atoms with Gasteiger partial charge in [0.05, 0.1) is 13.9 Å². The average molecular weight is 319 g/mol. The molecule has 0 saturated heterocycles. The van der Waals surface area contributed by atoms with Crippen molar-refractivity contribution in [1.82, 2.24) is 4.57 Å². The SMILES string of the molecule is [2H]c1cc2c(cc1C(F)(F)F)c1cc(C(F)(F)F)c([2H])cc1n2C. The second-order valence-corrected chi connectivity index (χ2v) is 4.85. The highest BCUT2D eigenvalue weighted by atomic mass is 19.4. The van der Waals surface area contributed by atoms with Crippen LogP contribution < -0.4 is 0 Å². The summed E-state index contributed by atoms with van der Waals surface area (Å²) in [6, 6.07) is 1.78. The van der Waals surface area contributed by atoms with Crippen molar-refractivity contribution in [2.75, 3.05) is 0 Å². The first-order valence-corrected chi connectivity index (χ1v) is 6.09. The molecular weight excluding hydrogens is 308 g/mol. The lowest BCUT2D eigenvalue weighted by Crippen LogP contribution is -2.04. The lowest BCUT2D eigenvalue weighted by atomic mass is 10.1. The summed E-state index contributed by atoms with van der Waals surface area (Å²) < 4.78 is 94.3. The van der Waals surface area contributed by atoms with Crippen molar-refractivity contribution in [3.05, 3.63) is 47.5 Å². The maximum atomic E-state index is 13.0. The number of halogens is 6. The molecule has 1 heterocycles. The first-order valence-electron chi connectivity index (χ1n) is 7.09. The van der Waals surface area contributed by atoms with Crippen molar-refractivity contribution in [3.63, 3.8) is 0 Å². The maximum absolute atomic E-state index is 13.0. The smallest absolute Gasteiger partial charge is 0.344 e. The zero-order valence-corrected chi connectivity index (χ0v) is 11.0. The molecule has 3 aromatic rings. The number of rotatable bonds is 0. The number of fused-ring (bicyclic) bond motifs is 3. The van der Waals surface area contributed by atoms with Crippen LogP contribution in [0, 0.1) is 0 Å². The van der Waals surface area contributed by atoms with Gasteiger partial charge in [-0.3, -0.25) is 0 Å². The monoisotopic (exact) mass is 319 g/mol. The minimum Gasteiger partial charge on any atom is -0.344 e. The van der Waals surface area contributed by atoms with Crippen LogP contribution in [0.2, 0.25) is 0 Å². The van der Waals surface area contributed by atoms with E-state index in [1.165, 1.54) is 11.6 Å². The van der Waals surface area contributed by atoms with Crippen molar-refractivity contribution in [2.45, 2.75) is 12.4 Å². The summed E-state index contributed by atoms with van der Waals surface area (Å²) in [5, 5.41) is -0.0809. The van der Waals surface area contributed by atoms with Gasteiger partial charge in [0.25, 0.3) is 0 Å². The third kappa shape index (κ3) is 2.20. The zero-order valence-electron chi connectivity index (χ0n) is 13.0. The van der Waals surface area contributed by atoms with E-state index in [2.05, 4.69) is 0 Å². The van der Waals surface area contributed by atoms with Gasteiger partial charge in [-0.15, -0.1) is 0 Å². The minimum absolute atomic E-state index is 0.0404. The second kappa shape index (κ2) is 4.41. The summed E-state index contributed by atoms with van der Waals surface area (Å²) in [5.41, 5.74) is -2.04. The fourth-order valence-corrected chi connectivity index (χ4v) is 2.41. The Labute approximate surface area is 123 Å². The average Bonchev–Trinajstić information content (AvgIpc) is 2.67. The van der Waals surface area contributed by atoms with Crippen LogP contribution in [-0.4, -0.2) is 4.57 Å². The van der Waals surface area contributed by atoms with Crippen molar-refractivity contribution in [1.29, 1.82) is 0 Å². The standard InChI is InChI=1S/C15H9F6N/c1-22-12-4-2-8(14(16,17)18)6-10(12)11-7-9(15(19,20)21)3-5-13(11)22/h2-7H,1H3/i2D,3D. The molecule has 0 fully saturated rings. The fourth-order valence-electron chi connectivity index (χ4n) is 2.41. The Kier molecular flexibility index (Phi) is 2.48. The van der Waals surface area contributed by atoms with Gasteiger partial charge in [0.1, 0.15) is 0 Å². The van der Waals surface area contributed by atoms with Gasteiger partial charge < -0.3 is 4.57 Å². The summed E-state index contributed by atoms with van der Waals surface area (Å²) in [7, 11) is 1.46. The van der Waals surface area contributed by atoms with Crippen LogP contribution >= 0.6 is 0 Å². The molecule has 0 radical (unpaired) electrons. The molecule has 1 nitrogen and oxygen atoms in total. The van der Waals surface area contributed by atoms with Gasteiger partial charge >= 0.3 is 12.4 Å². The van der Waals surface area contributed by atoms with Gasteiger partial charge in [0.2, 0.25) is 0 Å². The number of aryl methyl sites for hydroxylation is 1. The third-order valence-corrected chi connectivity index (χ3v) is 3.48. The molecule has 2 aromatic carbocycles. The predicted molar refractivity (Wildman–Crippen MR) is 70.4 cm³/mol. The number of aromatic nitrogens is 1. The highest BCUT2D eigenvalue weighted by molar-refractivity contribution is 6.08. The van der Waals surface area contributed by atoms with Crippen LogP contribution in [0.4, 0.5) is 26.3 Å². The number of hydrogen-bond donors (Lipinski definition) is 0. The molecule has 7 heteroatoms. The normalized spacial score (nSPS) is 14.5. The van der Waals surface area contributed by atoms with Gasteiger partial charge in [0, 0.05) is 28.9 Å². The van der Waals surface area contributed by atoms with Crippen molar-refractivity contribution in [2.24, 2.45) is 7.05 Å². The summed E-state index contributed by atoms with van der Waals surface area (Å²) in [6.07, 6.45) is -9.56. The summed E-state index contributed by atoms with van der Waals surface area (Å²) in [5.74, 6) is 0. The molecule has 1 aromatic heterocycles. The van der Waals surface area contributed by atoms with Crippen molar-refractivity contribution in [3.8, 4) is 0 Å². The Balaban J connectivity index is 2.47. The fraction of sp³-hybridized carbons (Fsp3) is 0.200. The van der Waals surface area contributed by atoms with Crippen molar-refractivity contribution < 1.29 is 29.1 Å². The van der Waals surface area contributed by atoms with Gasteiger partial charge in [-0.2, -0.15) is 26.3 Å². The van der Waals surface area contributed by atoms with E-state index in [9.17, 15) is 26.3 Å². The van der Waals surface area contributed by atoms with Crippen LogP contribution in [0.1, 0.15) is 13.9 Å². The van der Waals surface area contributed by atoms with Crippen LogP contribution in [0.3, 0.4) is 0 Å². The number of nitrogens with zero attached hydrogens (tertiary/aromatic N) is 1. The summed E-state index contributed by atoms with van der Waals surface area (Å²) in [6.45, 7) is 0. The Hall–Kier alpha value is -2.18. The number of hydrogen-bond acceptors (Lipinski definition) is 0. The number of alkyl halides is 6. The van der Waals surface area contributed by atoms with Gasteiger partial charge in [-0.1, -0.05) is 0 Å². The molecule has 22 heavy (non-hydrogen) atoms. The highest BCUT2D eigenvalue weighted by Gasteiger charge is 2.32. The maximum Gasteiger partial charge on any atom is 0.416 e. The van der Waals surface area contributed by atoms with E-state index in [0.717, 1.165) is 12.1 Å². The molecule has 0 amide bonds. The summed E-state index contributed by atoms with van der Waals surface area (Å²) >= 11 is 0. The molecular formula is C15H9F6N. The van der Waals surface area contributed by atoms with Gasteiger partial charge in [0.15, 0.2) is 0 Å². The molecule has 0 N–H and O–H groups in total. The van der Waals surface area contributed by atoms with E-state index in [-0.39, 0.29) is 21.8 Å². The molecule has 3 rings (SSSR count). The minimum atomic E-state index is -4.78. The van der Waals surface area contributed by atoms with E-state index in [4.69, 9.17) is 2.74 Å². The van der Waals surface area contributed by atoms with Crippen LogP contribution in [0.15, 0.2) is 36.4 Å². The van der Waals surface area contributed by atoms with Crippen LogP contribution in [0.25, 0.3) is 21.8 Å². The first kappa shape index (κ1) is 12.4. The van der Waals surface area contributed by atoms with Crippen molar-refractivity contribution >= 4 is 21.8 Å². The van der Waals surface area contributed by atoms with Gasteiger partial charge in [-0.25, -0.2) is 0 Å². The molecule has 0 aliphatic rings. The largest absolute Gasteiger partial charge is 0.416 e. The zero-order chi connectivity index (χ0) is 18.0. The highest BCUT2D eigenvalue weighted by Crippen LogP contribution is 2.37. The van der Waals surface area contributed by atoms with E-state index in [1.807, 2.05) is 0 Å². The van der Waals surface area contributed by atoms with E-state index < -0.39 is 35.6 Å². The van der Waals surface area contributed by atoms with E-state index in [1.54, 1.807) is 0 Å². The molecule has 0 aliphatic heterocycles. The van der Waals surface area contributed by atoms with E-state index >= 15 is 0 Å². The lowest BCUT2D eigenvalue weighted by Gasteiger charge is -2.07. The Bertz CT molecular complexity index is 891. The van der Waals surface area contributed by atoms with Crippen LogP contribution in [-0.2, 0) is 19.4 Å². The predicted octanol–water partition coefficient (Wildman–Crippen LogP) is 5.37. The van der Waals surface area contributed by atoms with E-state index in [0.29, 0.717) is 12.1 Å².